The number of Topliss-reactive ketones (excluding diaryl/α,β-unsaturated/α-hetero) is 2. The van der Waals surface area contributed by atoms with Crippen LogP contribution in [-0.2, 0) is 33.9 Å². The van der Waals surface area contributed by atoms with E-state index in [9.17, 15) is 34.8 Å². The molecule has 2 saturated carbocycles. The molecular formula is C30H32N4O7. The van der Waals surface area contributed by atoms with Crippen molar-refractivity contribution in [2.24, 2.45) is 23.5 Å². The van der Waals surface area contributed by atoms with Gasteiger partial charge in [0.15, 0.2) is 11.4 Å². The van der Waals surface area contributed by atoms with Gasteiger partial charge in [0.25, 0.3) is 0 Å². The average Bonchev–Trinajstić information content (AvgIpc) is 2.91. The van der Waals surface area contributed by atoms with Crippen molar-refractivity contribution >= 4 is 28.9 Å². The van der Waals surface area contributed by atoms with Gasteiger partial charge in [-0.05, 0) is 54.5 Å². The Hall–Kier alpha value is -4.24. The number of aliphatic hydroxyl groups is 3. The van der Waals surface area contributed by atoms with Crippen LogP contribution >= 0.6 is 0 Å². The zero-order chi connectivity index (χ0) is 29.8. The van der Waals surface area contributed by atoms with E-state index in [1.807, 2.05) is 37.2 Å². The lowest BCUT2D eigenvalue weighted by atomic mass is 9.56. The van der Waals surface area contributed by atoms with E-state index in [0.29, 0.717) is 23.2 Å². The number of primary amides is 1. The van der Waals surface area contributed by atoms with Crippen LogP contribution in [0.25, 0.3) is 5.76 Å². The number of anilines is 1. The standard InChI is InChI=1S/C30H32N4O7/c1-34(2)20-9-17(13-33-12-15-5-3-14(11-31)4-6-15)25(36)23-19(20)8-16-7-18-10-21(35)24(29(32)40)28(39)30(18,41)27(38)22(16)26(23)37/h3-6,9,16,18,21,24,33,35-37,41H,7-8,10,12-13H2,1-2H3,(H2,32,40)/t16-,18+,21?,24?,30+/m1/s1. The summed E-state index contributed by atoms with van der Waals surface area (Å²) >= 11 is 0. The number of nitrogens with zero attached hydrogens (tertiary/aromatic N) is 2. The molecule has 214 valence electrons. The molecule has 0 heterocycles. The molecule has 3 aliphatic carbocycles. The molecule has 5 rings (SSSR count). The molecule has 5 atom stereocenters. The Bertz CT molecular complexity index is 1520. The highest BCUT2D eigenvalue weighted by molar-refractivity contribution is 6.24. The number of hydrogen-bond donors (Lipinski definition) is 6. The maximum absolute atomic E-state index is 13.8. The number of phenols is 1. The van der Waals surface area contributed by atoms with E-state index in [1.165, 1.54) is 0 Å². The number of nitriles is 1. The number of benzene rings is 2. The lowest BCUT2D eigenvalue weighted by Crippen LogP contribution is -2.66. The molecule has 1 amide bonds. The first-order valence-electron chi connectivity index (χ1n) is 13.4. The number of aliphatic hydroxyl groups excluding tert-OH is 2. The van der Waals surface area contributed by atoms with Gasteiger partial charge in [0, 0.05) is 49.9 Å². The van der Waals surface area contributed by atoms with Crippen LogP contribution in [-0.4, -0.2) is 63.7 Å². The molecular weight excluding hydrogens is 528 g/mol. The number of hydrogen-bond acceptors (Lipinski definition) is 10. The van der Waals surface area contributed by atoms with Gasteiger partial charge in [0.05, 0.1) is 23.3 Å². The fourth-order valence-electron chi connectivity index (χ4n) is 6.60. The Morgan fingerprint density at radius 1 is 1.17 bits per heavy atom. The van der Waals surface area contributed by atoms with Gasteiger partial charge in [-0.2, -0.15) is 5.26 Å². The zero-order valence-electron chi connectivity index (χ0n) is 22.7. The van der Waals surface area contributed by atoms with Gasteiger partial charge < -0.3 is 36.4 Å². The average molecular weight is 561 g/mol. The Morgan fingerprint density at radius 2 is 1.85 bits per heavy atom. The fraction of sp³-hybridized carbons (Fsp3) is 0.400. The third kappa shape index (κ3) is 4.44. The summed E-state index contributed by atoms with van der Waals surface area (Å²) < 4.78 is 0. The van der Waals surface area contributed by atoms with Crippen LogP contribution in [0, 0.1) is 29.1 Å². The zero-order valence-corrected chi connectivity index (χ0v) is 22.7. The molecule has 2 aromatic rings. The van der Waals surface area contributed by atoms with E-state index in [0.717, 1.165) is 11.3 Å². The SMILES string of the molecule is CN(C)c1cc(CNCc2ccc(C#N)cc2)c(O)c2c1C[C@H]1C[C@H]3CC(O)C(C(N)=O)C(=O)[C@@]3(O)C(=O)C1=C2O. The number of carbonyl (C=O) groups excluding carboxylic acids is 3. The van der Waals surface area contributed by atoms with Crippen molar-refractivity contribution in [2.75, 3.05) is 19.0 Å². The second-order valence-electron chi connectivity index (χ2n) is 11.3. The molecule has 11 heteroatoms. The van der Waals surface area contributed by atoms with Crippen LogP contribution in [0.2, 0.25) is 0 Å². The Labute approximate surface area is 236 Å². The molecule has 0 spiro atoms. The molecule has 11 nitrogen and oxygen atoms in total. The second-order valence-corrected chi connectivity index (χ2v) is 11.3. The highest BCUT2D eigenvalue weighted by atomic mass is 16.3. The minimum absolute atomic E-state index is 0.0581. The van der Waals surface area contributed by atoms with Gasteiger partial charge >= 0.3 is 0 Å². The highest BCUT2D eigenvalue weighted by Gasteiger charge is 2.64. The number of fused-ring (bicyclic) bond motifs is 3. The van der Waals surface area contributed by atoms with Gasteiger partial charge in [-0.3, -0.25) is 14.4 Å². The van der Waals surface area contributed by atoms with Crippen molar-refractivity contribution in [3.8, 4) is 11.8 Å². The van der Waals surface area contributed by atoms with Crippen molar-refractivity contribution < 1.29 is 34.8 Å². The molecule has 0 aromatic heterocycles. The topological polar surface area (TPSA) is 197 Å². The third-order valence-corrected chi connectivity index (χ3v) is 8.65. The number of ketones is 2. The van der Waals surface area contributed by atoms with Gasteiger partial charge in [-0.1, -0.05) is 12.1 Å². The van der Waals surface area contributed by atoms with Crippen LogP contribution < -0.4 is 16.0 Å². The highest BCUT2D eigenvalue weighted by Crippen LogP contribution is 2.53. The molecule has 0 aliphatic heterocycles. The van der Waals surface area contributed by atoms with E-state index in [4.69, 9.17) is 11.0 Å². The third-order valence-electron chi connectivity index (χ3n) is 8.65. The fourth-order valence-corrected chi connectivity index (χ4v) is 6.60. The monoisotopic (exact) mass is 560 g/mol. The summed E-state index contributed by atoms with van der Waals surface area (Å²) in [4.78, 5) is 40.7. The lowest BCUT2D eigenvalue weighted by molar-refractivity contribution is -0.174. The van der Waals surface area contributed by atoms with Crippen LogP contribution in [0.4, 0.5) is 5.69 Å². The van der Waals surface area contributed by atoms with Gasteiger partial charge in [-0.15, -0.1) is 0 Å². The number of carbonyl (C=O) groups is 3. The van der Waals surface area contributed by atoms with Gasteiger partial charge in [0.1, 0.15) is 17.4 Å². The maximum Gasteiger partial charge on any atom is 0.230 e. The molecule has 2 aromatic carbocycles. The minimum Gasteiger partial charge on any atom is -0.507 e. The summed E-state index contributed by atoms with van der Waals surface area (Å²) in [6, 6.07) is 10.9. The maximum atomic E-state index is 13.8. The number of amides is 1. The van der Waals surface area contributed by atoms with Crippen molar-refractivity contribution in [3.63, 3.8) is 0 Å². The van der Waals surface area contributed by atoms with Crippen molar-refractivity contribution in [1.82, 2.24) is 5.32 Å². The molecule has 41 heavy (non-hydrogen) atoms. The van der Waals surface area contributed by atoms with Crippen molar-refractivity contribution in [2.45, 2.75) is 44.1 Å². The van der Waals surface area contributed by atoms with E-state index < -0.39 is 52.7 Å². The van der Waals surface area contributed by atoms with Crippen LogP contribution in [0.15, 0.2) is 35.9 Å². The van der Waals surface area contributed by atoms with E-state index >= 15 is 0 Å². The largest absolute Gasteiger partial charge is 0.507 e. The number of nitrogens with one attached hydrogen (secondary N) is 1. The Morgan fingerprint density at radius 3 is 2.46 bits per heavy atom. The Kier molecular flexibility index (Phi) is 7.11. The minimum atomic E-state index is -2.61. The van der Waals surface area contributed by atoms with Crippen LogP contribution in [0.5, 0.6) is 5.75 Å². The molecule has 2 unspecified atom stereocenters. The summed E-state index contributed by atoms with van der Waals surface area (Å²) in [5, 5.41) is 56.9. The van der Waals surface area contributed by atoms with Crippen LogP contribution in [0.1, 0.15) is 40.7 Å². The van der Waals surface area contributed by atoms with Crippen molar-refractivity contribution in [3.05, 3.63) is 63.7 Å². The predicted octanol–water partition coefficient (Wildman–Crippen LogP) is 0.816. The number of aromatic hydroxyl groups is 1. The summed E-state index contributed by atoms with van der Waals surface area (Å²) in [7, 11) is 3.64. The van der Waals surface area contributed by atoms with E-state index in [2.05, 4.69) is 11.4 Å². The van der Waals surface area contributed by atoms with E-state index in [1.54, 1.807) is 12.1 Å². The number of phenolic OH excluding ortho intramolecular Hbond substituents is 1. The molecule has 0 bridgehead atoms. The number of rotatable bonds is 6. The summed E-state index contributed by atoms with van der Waals surface area (Å²) in [6.07, 6.45) is -1.24. The summed E-state index contributed by atoms with van der Waals surface area (Å²) in [6.45, 7) is 0.652. The molecule has 0 radical (unpaired) electrons. The number of nitrogens with two attached hydrogens (primary N) is 1. The first-order valence-corrected chi connectivity index (χ1v) is 13.4. The first-order chi connectivity index (χ1) is 19.4. The molecule has 7 N–H and O–H groups in total. The van der Waals surface area contributed by atoms with E-state index in [-0.39, 0.29) is 42.7 Å². The predicted molar refractivity (Wildman–Crippen MR) is 147 cm³/mol. The summed E-state index contributed by atoms with van der Waals surface area (Å²) in [5.41, 5.74) is 5.84. The van der Waals surface area contributed by atoms with Gasteiger partial charge in [-0.25, -0.2) is 0 Å². The molecule has 2 fully saturated rings. The lowest BCUT2D eigenvalue weighted by Gasteiger charge is -2.48. The summed E-state index contributed by atoms with van der Waals surface area (Å²) in [5.74, 6) is -7.36. The quantitative estimate of drug-likeness (QED) is 0.275. The smallest absolute Gasteiger partial charge is 0.230 e. The van der Waals surface area contributed by atoms with Crippen molar-refractivity contribution in [1.29, 1.82) is 5.26 Å². The molecule has 3 aliphatic rings. The molecule has 0 saturated heterocycles. The van der Waals surface area contributed by atoms with Gasteiger partial charge in [0.2, 0.25) is 11.7 Å². The normalized spacial score (nSPS) is 27.0. The first kappa shape index (κ1) is 28.3. The second kappa shape index (κ2) is 10.3. The van der Waals surface area contributed by atoms with Crippen LogP contribution in [0.3, 0.4) is 0 Å². The Balaban J connectivity index is 1.52.